The van der Waals surface area contributed by atoms with E-state index in [9.17, 15) is 4.79 Å². The fraction of sp³-hybridized carbons (Fsp3) is 0.133. The Morgan fingerprint density at radius 3 is 2.71 bits per heavy atom. The van der Waals surface area contributed by atoms with Crippen LogP contribution >= 0.6 is 0 Å². The van der Waals surface area contributed by atoms with Crippen molar-refractivity contribution < 1.29 is 10.0 Å². The average molecular weight is 284 g/mol. The number of amides is 1. The van der Waals surface area contributed by atoms with Gasteiger partial charge in [0.2, 0.25) is 0 Å². The number of rotatable bonds is 3. The third kappa shape index (κ3) is 3.00. The Kier molecular flexibility index (Phi) is 4.18. The van der Waals surface area contributed by atoms with Crippen LogP contribution in [0, 0.1) is 13.8 Å². The molecule has 6 heteroatoms. The van der Waals surface area contributed by atoms with Gasteiger partial charge in [0.1, 0.15) is 0 Å². The Morgan fingerprint density at radius 2 is 2.05 bits per heavy atom. The van der Waals surface area contributed by atoms with Gasteiger partial charge in [-0.1, -0.05) is 17.3 Å². The molecule has 0 bridgehead atoms. The van der Waals surface area contributed by atoms with Crippen LogP contribution in [0.1, 0.15) is 27.2 Å². The summed E-state index contributed by atoms with van der Waals surface area (Å²) in [5.41, 5.74) is 8.56. The minimum atomic E-state index is -0.293. The lowest BCUT2D eigenvalue weighted by Crippen LogP contribution is -2.21. The summed E-state index contributed by atoms with van der Waals surface area (Å²) in [5.74, 6) is -0.343. The van der Waals surface area contributed by atoms with Gasteiger partial charge in [0.05, 0.1) is 11.3 Å². The third-order valence-corrected chi connectivity index (χ3v) is 3.14. The van der Waals surface area contributed by atoms with Gasteiger partial charge in [-0.05, 0) is 37.6 Å². The van der Waals surface area contributed by atoms with Crippen molar-refractivity contribution in [2.45, 2.75) is 13.8 Å². The molecule has 6 nitrogen and oxygen atoms in total. The Morgan fingerprint density at radius 1 is 1.29 bits per heavy atom. The van der Waals surface area contributed by atoms with Crippen LogP contribution in [-0.4, -0.2) is 21.9 Å². The van der Waals surface area contributed by atoms with Crippen molar-refractivity contribution in [3.05, 3.63) is 58.9 Å². The monoisotopic (exact) mass is 284 g/mol. The summed E-state index contributed by atoms with van der Waals surface area (Å²) in [7, 11) is 0. The van der Waals surface area contributed by atoms with Crippen LogP contribution in [-0.2, 0) is 0 Å². The SMILES string of the molecule is Cc1cccc(NC(=O)c2cccnc2C)c1/C(N)=N/O. The summed E-state index contributed by atoms with van der Waals surface area (Å²) in [6, 6.07) is 8.69. The molecular weight excluding hydrogens is 268 g/mol. The fourth-order valence-electron chi connectivity index (χ4n) is 2.08. The molecule has 1 aromatic heterocycles. The van der Waals surface area contributed by atoms with Gasteiger partial charge in [-0.15, -0.1) is 0 Å². The molecule has 0 unspecified atom stereocenters. The number of carbonyl (C=O) groups excluding carboxylic acids is 1. The maximum Gasteiger partial charge on any atom is 0.257 e. The number of nitrogens with two attached hydrogens (primary N) is 1. The quantitative estimate of drug-likeness (QED) is 0.347. The summed E-state index contributed by atoms with van der Waals surface area (Å²) in [6.07, 6.45) is 1.63. The van der Waals surface area contributed by atoms with Crippen LogP contribution in [0.25, 0.3) is 0 Å². The van der Waals surface area contributed by atoms with Crippen molar-refractivity contribution in [3.8, 4) is 0 Å². The highest BCUT2D eigenvalue weighted by molar-refractivity contribution is 6.10. The van der Waals surface area contributed by atoms with Gasteiger partial charge in [-0.25, -0.2) is 0 Å². The molecule has 4 N–H and O–H groups in total. The average Bonchev–Trinajstić information content (AvgIpc) is 2.47. The first kappa shape index (κ1) is 14.5. The molecule has 2 aromatic rings. The number of aromatic nitrogens is 1. The molecule has 0 spiro atoms. The molecule has 0 saturated carbocycles. The van der Waals surface area contributed by atoms with Crippen LogP contribution in [0.2, 0.25) is 0 Å². The number of nitrogens with one attached hydrogen (secondary N) is 1. The summed E-state index contributed by atoms with van der Waals surface area (Å²) in [4.78, 5) is 16.4. The largest absolute Gasteiger partial charge is 0.409 e. The number of hydrogen-bond donors (Lipinski definition) is 3. The highest BCUT2D eigenvalue weighted by Crippen LogP contribution is 2.20. The third-order valence-electron chi connectivity index (χ3n) is 3.14. The predicted molar refractivity (Wildman–Crippen MR) is 80.6 cm³/mol. The maximum atomic E-state index is 12.3. The molecule has 1 heterocycles. The molecular formula is C15H16N4O2. The predicted octanol–water partition coefficient (Wildman–Crippen LogP) is 2.05. The van der Waals surface area contributed by atoms with E-state index >= 15 is 0 Å². The first-order valence-electron chi connectivity index (χ1n) is 6.35. The molecule has 0 aliphatic rings. The normalized spacial score (nSPS) is 11.2. The molecule has 0 saturated heterocycles. The van der Waals surface area contributed by atoms with E-state index in [2.05, 4.69) is 15.5 Å². The summed E-state index contributed by atoms with van der Waals surface area (Å²) in [6.45, 7) is 3.58. The van der Waals surface area contributed by atoms with Crippen molar-refractivity contribution >= 4 is 17.4 Å². The van der Waals surface area contributed by atoms with Crippen LogP contribution in [0.5, 0.6) is 0 Å². The molecule has 0 atom stereocenters. The number of hydrogen-bond acceptors (Lipinski definition) is 4. The second-order valence-corrected chi connectivity index (χ2v) is 4.57. The van der Waals surface area contributed by atoms with E-state index in [-0.39, 0.29) is 11.7 Å². The molecule has 0 fully saturated rings. The second-order valence-electron chi connectivity index (χ2n) is 4.57. The zero-order valence-electron chi connectivity index (χ0n) is 11.8. The van der Waals surface area contributed by atoms with Gasteiger partial charge in [0.25, 0.3) is 5.91 Å². The molecule has 0 aliphatic heterocycles. The van der Waals surface area contributed by atoms with Crippen LogP contribution in [0.15, 0.2) is 41.7 Å². The van der Waals surface area contributed by atoms with Crippen molar-refractivity contribution in [1.29, 1.82) is 0 Å². The van der Waals surface area contributed by atoms with Crippen molar-refractivity contribution in [1.82, 2.24) is 4.98 Å². The second kappa shape index (κ2) is 6.04. The van der Waals surface area contributed by atoms with Gasteiger partial charge >= 0.3 is 0 Å². The standard InChI is InChI=1S/C15H16N4O2/c1-9-5-3-7-12(13(9)14(16)19-21)18-15(20)11-6-4-8-17-10(11)2/h3-8,21H,1-2H3,(H2,16,19)(H,18,20). The zero-order chi connectivity index (χ0) is 15.4. The van der Waals surface area contributed by atoms with Crippen LogP contribution in [0.3, 0.4) is 0 Å². The number of pyridine rings is 1. The zero-order valence-corrected chi connectivity index (χ0v) is 11.8. The summed E-state index contributed by atoms with van der Waals surface area (Å²) >= 11 is 0. The van der Waals surface area contributed by atoms with E-state index in [1.165, 1.54) is 0 Å². The van der Waals surface area contributed by atoms with E-state index < -0.39 is 0 Å². The van der Waals surface area contributed by atoms with Crippen LogP contribution in [0.4, 0.5) is 5.69 Å². The highest BCUT2D eigenvalue weighted by atomic mass is 16.4. The number of amidine groups is 1. The number of aryl methyl sites for hydroxylation is 2. The lowest BCUT2D eigenvalue weighted by Gasteiger charge is -2.13. The topological polar surface area (TPSA) is 101 Å². The minimum absolute atomic E-state index is 0.0497. The van der Waals surface area contributed by atoms with Gasteiger partial charge in [0.15, 0.2) is 5.84 Å². The van der Waals surface area contributed by atoms with Gasteiger partial charge in [-0.3, -0.25) is 9.78 Å². The van der Waals surface area contributed by atoms with E-state index in [0.29, 0.717) is 22.5 Å². The number of nitrogens with zero attached hydrogens (tertiary/aromatic N) is 2. The lowest BCUT2D eigenvalue weighted by molar-refractivity contribution is 0.102. The highest BCUT2D eigenvalue weighted by Gasteiger charge is 2.15. The maximum absolute atomic E-state index is 12.3. The Balaban J connectivity index is 2.39. The van der Waals surface area contributed by atoms with Crippen molar-refractivity contribution in [3.63, 3.8) is 0 Å². The smallest absolute Gasteiger partial charge is 0.257 e. The summed E-state index contributed by atoms with van der Waals surface area (Å²) < 4.78 is 0. The Bertz CT molecular complexity index is 711. The first-order valence-corrected chi connectivity index (χ1v) is 6.35. The Labute approximate surface area is 122 Å². The molecule has 108 valence electrons. The molecule has 1 amide bonds. The van der Waals surface area contributed by atoms with E-state index in [4.69, 9.17) is 10.9 Å². The number of anilines is 1. The van der Waals surface area contributed by atoms with E-state index in [0.717, 1.165) is 5.56 Å². The molecule has 0 aliphatic carbocycles. The molecule has 1 aromatic carbocycles. The fourth-order valence-corrected chi connectivity index (χ4v) is 2.08. The minimum Gasteiger partial charge on any atom is -0.409 e. The molecule has 2 rings (SSSR count). The molecule has 0 radical (unpaired) electrons. The number of benzene rings is 1. The first-order chi connectivity index (χ1) is 10.0. The lowest BCUT2D eigenvalue weighted by atomic mass is 10.0. The van der Waals surface area contributed by atoms with Gasteiger partial charge in [0, 0.05) is 17.5 Å². The van der Waals surface area contributed by atoms with Crippen LogP contribution < -0.4 is 11.1 Å². The van der Waals surface area contributed by atoms with Crippen molar-refractivity contribution in [2.24, 2.45) is 10.9 Å². The van der Waals surface area contributed by atoms with E-state index in [1.807, 2.05) is 13.0 Å². The summed E-state index contributed by atoms with van der Waals surface area (Å²) in [5, 5.41) is 14.7. The number of oxime groups is 1. The number of carbonyl (C=O) groups is 1. The molecule has 21 heavy (non-hydrogen) atoms. The van der Waals surface area contributed by atoms with Gasteiger partial charge in [-0.2, -0.15) is 0 Å². The van der Waals surface area contributed by atoms with Gasteiger partial charge < -0.3 is 16.3 Å². The van der Waals surface area contributed by atoms with E-state index in [1.54, 1.807) is 37.4 Å². The Hall–Kier alpha value is -2.89. The van der Waals surface area contributed by atoms with Crippen molar-refractivity contribution in [2.75, 3.05) is 5.32 Å².